The maximum atomic E-state index is 13.1. The lowest BCUT2D eigenvalue weighted by molar-refractivity contribution is -0.126. The molecule has 1 aliphatic carbocycles. The first-order valence-electron chi connectivity index (χ1n) is 7.55. The van der Waals surface area contributed by atoms with Crippen molar-refractivity contribution >= 4 is 18.3 Å². The lowest BCUT2D eigenvalue weighted by Crippen LogP contribution is -2.54. The van der Waals surface area contributed by atoms with Crippen molar-refractivity contribution in [1.29, 1.82) is 0 Å². The summed E-state index contributed by atoms with van der Waals surface area (Å²) in [5, 5.41) is 6.18. The molecule has 2 fully saturated rings. The van der Waals surface area contributed by atoms with Crippen LogP contribution in [0.25, 0.3) is 0 Å². The van der Waals surface area contributed by atoms with E-state index in [1.54, 1.807) is 0 Å². The minimum Gasteiger partial charge on any atom is -0.378 e. The minimum absolute atomic E-state index is 0. The van der Waals surface area contributed by atoms with Crippen LogP contribution in [-0.4, -0.2) is 38.3 Å². The number of halogens is 2. The number of rotatable bonds is 4. The zero-order chi connectivity index (χ0) is 14.7. The van der Waals surface area contributed by atoms with Crippen molar-refractivity contribution in [2.75, 3.05) is 26.3 Å². The maximum absolute atomic E-state index is 13.1. The molecule has 1 saturated carbocycles. The Balaban J connectivity index is 0.00000176. The Hall–Kier alpha value is -1.17. The number of carbonyl (C=O) groups excluding carboxylic acids is 1. The molecule has 1 amide bonds. The van der Waals surface area contributed by atoms with Gasteiger partial charge in [0.15, 0.2) is 0 Å². The van der Waals surface area contributed by atoms with Gasteiger partial charge in [0.05, 0.1) is 13.2 Å². The maximum Gasteiger partial charge on any atom is 0.239 e. The first kappa shape index (κ1) is 17.2. The highest BCUT2D eigenvalue weighted by Gasteiger charge is 2.39. The number of morpholine rings is 1. The third kappa shape index (κ3) is 3.59. The molecule has 0 aromatic heterocycles. The van der Waals surface area contributed by atoms with Crippen molar-refractivity contribution in [2.24, 2.45) is 0 Å². The molecule has 1 heterocycles. The summed E-state index contributed by atoms with van der Waals surface area (Å²) in [6.45, 7) is 2.40. The van der Waals surface area contributed by atoms with Crippen LogP contribution >= 0.6 is 12.4 Å². The number of amides is 1. The normalized spacial score (nSPS) is 23.0. The van der Waals surface area contributed by atoms with E-state index < -0.39 is 0 Å². The summed E-state index contributed by atoms with van der Waals surface area (Å²) in [5.41, 5.74) is 1.09. The molecule has 1 unspecified atom stereocenters. The fourth-order valence-corrected chi connectivity index (χ4v) is 3.09. The molecule has 1 aromatic rings. The lowest BCUT2D eigenvalue weighted by atomic mass is 9.64. The van der Waals surface area contributed by atoms with Gasteiger partial charge in [-0.25, -0.2) is 4.39 Å². The second-order valence-corrected chi connectivity index (χ2v) is 5.94. The summed E-state index contributed by atoms with van der Waals surface area (Å²) in [4.78, 5) is 12.2. The highest BCUT2D eigenvalue weighted by atomic mass is 35.5. The molecule has 122 valence electrons. The van der Waals surface area contributed by atoms with Gasteiger partial charge in [0, 0.05) is 18.5 Å². The third-order valence-corrected chi connectivity index (χ3v) is 4.61. The Labute approximate surface area is 136 Å². The average Bonchev–Trinajstić information content (AvgIpc) is 2.48. The topological polar surface area (TPSA) is 50.4 Å². The molecule has 1 aliphatic heterocycles. The van der Waals surface area contributed by atoms with E-state index in [4.69, 9.17) is 4.74 Å². The molecule has 6 heteroatoms. The van der Waals surface area contributed by atoms with E-state index >= 15 is 0 Å². The van der Waals surface area contributed by atoms with Crippen molar-refractivity contribution < 1.29 is 13.9 Å². The zero-order valence-electron chi connectivity index (χ0n) is 12.4. The summed E-state index contributed by atoms with van der Waals surface area (Å²) in [6.07, 6.45) is 3.22. The molecule has 0 bridgehead atoms. The molecular formula is C16H22ClFN2O2. The standard InChI is InChI=1S/C16H21FN2O2.ClH/c17-13-4-2-12(3-5-13)16(6-1-7-16)11-19-15(20)14-10-21-9-8-18-14;/h2-5,14,18H,1,6-11H2,(H,19,20);1H. The fourth-order valence-electron chi connectivity index (χ4n) is 3.09. The van der Waals surface area contributed by atoms with Crippen molar-refractivity contribution in [2.45, 2.75) is 30.7 Å². The van der Waals surface area contributed by atoms with Crippen LogP contribution in [0, 0.1) is 5.82 Å². The smallest absolute Gasteiger partial charge is 0.239 e. The molecule has 1 atom stereocenters. The van der Waals surface area contributed by atoms with E-state index in [1.807, 2.05) is 12.1 Å². The van der Waals surface area contributed by atoms with Gasteiger partial charge in [-0.3, -0.25) is 4.79 Å². The van der Waals surface area contributed by atoms with E-state index in [0.717, 1.165) is 24.8 Å². The van der Waals surface area contributed by atoms with Crippen molar-refractivity contribution in [1.82, 2.24) is 10.6 Å². The average molecular weight is 329 g/mol. The SMILES string of the molecule is Cl.O=C(NCC1(c2ccc(F)cc2)CCC1)C1COCCN1. The summed E-state index contributed by atoms with van der Waals surface area (Å²) < 4.78 is 18.4. The molecule has 4 nitrogen and oxygen atoms in total. The van der Waals surface area contributed by atoms with Gasteiger partial charge in [0.1, 0.15) is 11.9 Å². The summed E-state index contributed by atoms with van der Waals surface area (Å²) >= 11 is 0. The highest BCUT2D eigenvalue weighted by Crippen LogP contribution is 2.43. The number of hydrogen-bond donors (Lipinski definition) is 2. The summed E-state index contributed by atoms with van der Waals surface area (Å²) in [6, 6.07) is 6.40. The van der Waals surface area contributed by atoms with E-state index in [2.05, 4.69) is 10.6 Å². The van der Waals surface area contributed by atoms with Crippen LogP contribution in [0.5, 0.6) is 0 Å². The molecule has 0 radical (unpaired) electrons. The number of benzene rings is 1. The molecule has 2 N–H and O–H groups in total. The Morgan fingerprint density at radius 1 is 1.36 bits per heavy atom. The second kappa shape index (κ2) is 7.40. The number of hydrogen-bond acceptors (Lipinski definition) is 3. The van der Waals surface area contributed by atoms with Gasteiger partial charge in [0.2, 0.25) is 5.91 Å². The predicted octanol–water partition coefficient (Wildman–Crippen LogP) is 1.77. The first-order chi connectivity index (χ1) is 10.2. The molecule has 1 aromatic carbocycles. The third-order valence-electron chi connectivity index (χ3n) is 4.61. The van der Waals surface area contributed by atoms with Crippen LogP contribution in [-0.2, 0) is 14.9 Å². The predicted molar refractivity (Wildman–Crippen MR) is 84.8 cm³/mol. The monoisotopic (exact) mass is 328 g/mol. The van der Waals surface area contributed by atoms with Gasteiger partial charge in [-0.15, -0.1) is 12.4 Å². The Morgan fingerprint density at radius 3 is 2.64 bits per heavy atom. The molecular weight excluding hydrogens is 307 g/mol. The Kier molecular flexibility index (Phi) is 5.78. The highest BCUT2D eigenvalue weighted by molar-refractivity contribution is 5.85. The van der Waals surface area contributed by atoms with E-state index in [-0.39, 0.29) is 35.6 Å². The van der Waals surface area contributed by atoms with Crippen LogP contribution < -0.4 is 10.6 Å². The number of ether oxygens (including phenoxy) is 1. The van der Waals surface area contributed by atoms with Crippen LogP contribution in [0.15, 0.2) is 24.3 Å². The van der Waals surface area contributed by atoms with Gasteiger partial charge < -0.3 is 15.4 Å². The molecule has 0 spiro atoms. The van der Waals surface area contributed by atoms with Crippen molar-refractivity contribution in [3.05, 3.63) is 35.6 Å². The molecule has 1 saturated heterocycles. The van der Waals surface area contributed by atoms with Gasteiger partial charge in [-0.05, 0) is 30.5 Å². The van der Waals surface area contributed by atoms with Crippen LogP contribution in [0.3, 0.4) is 0 Å². The lowest BCUT2D eigenvalue weighted by Gasteiger charge is -2.43. The summed E-state index contributed by atoms with van der Waals surface area (Å²) in [7, 11) is 0. The zero-order valence-corrected chi connectivity index (χ0v) is 13.3. The summed E-state index contributed by atoms with van der Waals surface area (Å²) in [5.74, 6) is -0.232. The van der Waals surface area contributed by atoms with Gasteiger partial charge in [0.25, 0.3) is 0 Å². The molecule has 22 heavy (non-hydrogen) atoms. The van der Waals surface area contributed by atoms with Gasteiger partial charge >= 0.3 is 0 Å². The van der Waals surface area contributed by atoms with Gasteiger partial charge in [-0.1, -0.05) is 18.6 Å². The second-order valence-electron chi connectivity index (χ2n) is 5.94. The van der Waals surface area contributed by atoms with Crippen LogP contribution in [0.4, 0.5) is 4.39 Å². The Morgan fingerprint density at radius 2 is 2.09 bits per heavy atom. The molecule has 3 rings (SSSR count). The fraction of sp³-hybridized carbons (Fsp3) is 0.562. The van der Waals surface area contributed by atoms with E-state index in [9.17, 15) is 9.18 Å². The largest absolute Gasteiger partial charge is 0.378 e. The minimum atomic E-state index is -0.260. The van der Waals surface area contributed by atoms with E-state index in [1.165, 1.54) is 12.1 Å². The Bertz CT molecular complexity index is 499. The van der Waals surface area contributed by atoms with E-state index in [0.29, 0.717) is 26.3 Å². The van der Waals surface area contributed by atoms with Gasteiger partial charge in [-0.2, -0.15) is 0 Å². The van der Waals surface area contributed by atoms with Crippen molar-refractivity contribution in [3.8, 4) is 0 Å². The van der Waals surface area contributed by atoms with Crippen molar-refractivity contribution in [3.63, 3.8) is 0 Å². The number of carbonyl (C=O) groups is 1. The van der Waals surface area contributed by atoms with Crippen LogP contribution in [0.1, 0.15) is 24.8 Å². The quantitative estimate of drug-likeness (QED) is 0.885. The first-order valence-corrected chi connectivity index (χ1v) is 7.55. The molecule has 2 aliphatic rings. The number of nitrogens with one attached hydrogen (secondary N) is 2. The van der Waals surface area contributed by atoms with Crippen LogP contribution in [0.2, 0.25) is 0 Å².